The quantitative estimate of drug-likeness (QED) is 0.516. The third kappa shape index (κ3) is 6.19. The van der Waals surface area contributed by atoms with Gasteiger partial charge in [0.1, 0.15) is 0 Å². The summed E-state index contributed by atoms with van der Waals surface area (Å²) in [7, 11) is 0. The van der Waals surface area contributed by atoms with Gasteiger partial charge in [-0.15, -0.1) is 0 Å². The topological polar surface area (TPSA) is 80.3 Å². The molecule has 5 rings (SSSR count). The van der Waals surface area contributed by atoms with Gasteiger partial charge in [-0.25, -0.2) is 0 Å². The van der Waals surface area contributed by atoms with E-state index in [0.29, 0.717) is 11.3 Å². The molecule has 0 spiro atoms. The van der Waals surface area contributed by atoms with Gasteiger partial charge in [-0.3, -0.25) is 9.69 Å². The van der Waals surface area contributed by atoms with Crippen LogP contribution in [0, 0.1) is 0 Å². The molecule has 36 heavy (non-hydrogen) atoms. The Morgan fingerprint density at radius 3 is 2.28 bits per heavy atom. The third-order valence-electron chi connectivity index (χ3n) is 6.66. The summed E-state index contributed by atoms with van der Waals surface area (Å²) >= 11 is 0. The van der Waals surface area contributed by atoms with Gasteiger partial charge in [0.25, 0.3) is 5.91 Å². The largest absolute Gasteiger partial charge is 0.392 e. The van der Waals surface area contributed by atoms with Crippen molar-refractivity contribution in [3.05, 3.63) is 101 Å². The lowest BCUT2D eigenvalue weighted by Gasteiger charge is -2.39. The predicted molar refractivity (Wildman–Crippen MR) is 137 cm³/mol. The summed E-state index contributed by atoms with van der Waals surface area (Å²) in [6.07, 6.45) is 0.102. The highest BCUT2D eigenvalue weighted by Gasteiger charge is 2.33. The van der Waals surface area contributed by atoms with Crippen LogP contribution >= 0.6 is 0 Å². The van der Waals surface area contributed by atoms with E-state index in [0.717, 1.165) is 56.0 Å². The Morgan fingerprint density at radius 1 is 0.889 bits per heavy atom. The van der Waals surface area contributed by atoms with Gasteiger partial charge in [-0.2, -0.15) is 0 Å². The standard InChI is InChI=1S/C29H32N2O5/c32-20-21-6-8-22(9-7-21)27-18-26(19-31-14-16-34-17-15-31)35-29(36-27)24-10-12-25(13-11-24)30-28(33)23-4-2-1-3-5-23/h1-13,26-27,29,32H,14-20H2,(H,30,33). The highest BCUT2D eigenvalue weighted by molar-refractivity contribution is 6.04. The van der Waals surface area contributed by atoms with Crippen molar-refractivity contribution in [1.82, 2.24) is 4.90 Å². The molecule has 2 fully saturated rings. The normalized spacial score (nSPS) is 22.8. The fraction of sp³-hybridized carbons (Fsp3) is 0.345. The molecule has 3 aromatic rings. The smallest absolute Gasteiger partial charge is 0.255 e. The first kappa shape index (κ1) is 24.6. The van der Waals surface area contributed by atoms with Crippen molar-refractivity contribution in [2.75, 3.05) is 38.2 Å². The van der Waals surface area contributed by atoms with E-state index in [-0.39, 0.29) is 24.7 Å². The lowest BCUT2D eigenvalue weighted by Crippen LogP contribution is -2.44. The van der Waals surface area contributed by atoms with Crippen molar-refractivity contribution < 1.29 is 24.1 Å². The molecule has 1 amide bonds. The molecule has 2 aliphatic heterocycles. The van der Waals surface area contributed by atoms with Crippen LogP contribution in [-0.2, 0) is 20.8 Å². The number of morpholine rings is 1. The molecule has 0 bridgehead atoms. The first-order chi connectivity index (χ1) is 17.7. The van der Waals surface area contributed by atoms with E-state index >= 15 is 0 Å². The first-order valence-electron chi connectivity index (χ1n) is 12.4. The Labute approximate surface area is 211 Å². The number of ether oxygens (including phenoxy) is 3. The minimum absolute atomic E-state index is 0.00169. The number of benzene rings is 3. The molecule has 0 aliphatic carbocycles. The zero-order chi connectivity index (χ0) is 24.7. The Morgan fingerprint density at radius 2 is 1.58 bits per heavy atom. The summed E-state index contributed by atoms with van der Waals surface area (Å²) in [6.45, 7) is 4.13. The molecular weight excluding hydrogens is 456 g/mol. The van der Waals surface area contributed by atoms with Gasteiger partial charge in [-0.1, -0.05) is 54.6 Å². The average molecular weight is 489 g/mol. The SMILES string of the molecule is O=C(Nc1ccc(C2OC(CN3CCOCC3)CC(c3ccc(CO)cc3)O2)cc1)c1ccccc1. The summed E-state index contributed by atoms with van der Waals surface area (Å²) in [6, 6.07) is 24.7. The Bertz CT molecular complexity index is 1110. The summed E-state index contributed by atoms with van der Waals surface area (Å²) < 4.78 is 18.4. The van der Waals surface area contributed by atoms with Gasteiger partial charge in [0.2, 0.25) is 0 Å². The summed E-state index contributed by atoms with van der Waals surface area (Å²) in [5, 5.41) is 12.3. The van der Waals surface area contributed by atoms with E-state index in [1.54, 1.807) is 12.1 Å². The number of carbonyl (C=O) groups is 1. The van der Waals surface area contributed by atoms with Gasteiger partial charge < -0.3 is 24.6 Å². The monoisotopic (exact) mass is 488 g/mol. The number of aliphatic hydroxyl groups is 1. The number of nitrogens with zero attached hydrogens (tertiary/aromatic N) is 1. The van der Waals surface area contributed by atoms with E-state index in [1.165, 1.54) is 0 Å². The number of anilines is 1. The van der Waals surface area contributed by atoms with Gasteiger partial charge in [0.05, 0.1) is 32.0 Å². The molecule has 3 unspecified atom stereocenters. The highest BCUT2D eigenvalue weighted by Crippen LogP contribution is 2.38. The number of nitrogens with one attached hydrogen (secondary N) is 1. The van der Waals surface area contributed by atoms with Crippen LogP contribution in [0.2, 0.25) is 0 Å². The van der Waals surface area contributed by atoms with Crippen LogP contribution in [0.25, 0.3) is 0 Å². The van der Waals surface area contributed by atoms with Crippen molar-refractivity contribution in [2.45, 2.75) is 31.5 Å². The molecule has 188 valence electrons. The molecule has 0 aromatic heterocycles. The van der Waals surface area contributed by atoms with Gasteiger partial charge in [0, 0.05) is 42.9 Å². The van der Waals surface area contributed by atoms with Crippen molar-refractivity contribution in [2.24, 2.45) is 0 Å². The molecule has 2 saturated heterocycles. The third-order valence-corrected chi connectivity index (χ3v) is 6.66. The maximum atomic E-state index is 12.5. The van der Waals surface area contributed by atoms with Crippen molar-refractivity contribution in [3.8, 4) is 0 Å². The zero-order valence-corrected chi connectivity index (χ0v) is 20.2. The Hall–Kier alpha value is -3.07. The van der Waals surface area contributed by atoms with Crippen LogP contribution < -0.4 is 5.32 Å². The van der Waals surface area contributed by atoms with Crippen molar-refractivity contribution >= 4 is 11.6 Å². The number of amides is 1. The lowest BCUT2D eigenvalue weighted by molar-refractivity contribution is -0.253. The van der Waals surface area contributed by atoms with E-state index in [1.807, 2.05) is 66.7 Å². The molecule has 0 radical (unpaired) electrons. The second-order valence-electron chi connectivity index (χ2n) is 9.21. The number of hydrogen-bond donors (Lipinski definition) is 2. The Balaban J connectivity index is 1.30. The number of hydrogen-bond acceptors (Lipinski definition) is 6. The molecule has 2 aliphatic rings. The highest BCUT2D eigenvalue weighted by atomic mass is 16.7. The number of rotatable bonds is 7. The van der Waals surface area contributed by atoms with Gasteiger partial charge >= 0.3 is 0 Å². The van der Waals surface area contributed by atoms with E-state index in [2.05, 4.69) is 10.2 Å². The molecule has 3 atom stereocenters. The summed E-state index contributed by atoms with van der Waals surface area (Å²) in [5.74, 6) is -0.148. The molecule has 3 aromatic carbocycles. The second kappa shape index (κ2) is 11.8. The fourth-order valence-electron chi connectivity index (χ4n) is 4.62. The van der Waals surface area contributed by atoms with Crippen LogP contribution in [0.3, 0.4) is 0 Å². The second-order valence-corrected chi connectivity index (χ2v) is 9.21. The first-order valence-corrected chi connectivity index (χ1v) is 12.4. The maximum absolute atomic E-state index is 12.5. The zero-order valence-electron chi connectivity index (χ0n) is 20.2. The van der Waals surface area contributed by atoms with Crippen molar-refractivity contribution in [3.63, 3.8) is 0 Å². The predicted octanol–water partition coefficient (Wildman–Crippen LogP) is 4.31. The van der Waals surface area contributed by atoms with Crippen LogP contribution in [-0.4, -0.2) is 54.9 Å². The minimum Gasteiger partial charge on any atom is -0.392 e. The van der Waals surface area contributed by atoms with E-state index in [9.17, 15) is 9.90 Å². The molecular formula is C29H32N2O5. The number of aliphatic hydroxyl groups excluding tert-OH is 1. The van der Waals surface area contributed by atoms with Crippen LogP contribution in [0.15, 0.2) is 78.9 Å². The fourth-order valence-corrected chi connectivity index (χ4v) is 4.62. The molecule has 2 N–H and O–H groups in total. The average Bonchev–Trinajstić information content (AvgIpc) is 2.94. The summed E-state index contributed by atoms with van der Waals surface area (Å²) in [5.41, 5.74) is 4.17. The molecule has 7 heteroatoms. The number of carbonyl (C=O) groups excluding carboxylic acids is 1. The molecule has 2 heterocycles. The Kier molecular flexibility index (Phi) is 8.05. The van der Waals surface area contributed by atoms with Crippen molar-refractivity contribution in [1.29, 1.82) is 0 Å². The maximum Gasteiger partial charge on any atom is 0.255 e. The molecule has 7 nitrogen and oxygen atoms in total. The van der Waals surface area contributed by atoms with E-state index in [4.69, 9.17) is 14.2 Å². The van der Waals surface area contributed by atoms with E-state index < -0.39 is 6.29 Å². The van der Waals surface area contributed by atoms with Gasteiger partial charge in [0.15, 0.2) is 6.29 Å². The summed E-state index contributed by atoms with van der Waals surface area (Å²) in [4.78, 5) is 14.9. The van der Waals surface area contributed by atoms with Crippen LogP contribution in [0.1, 0.15) is 45.9 Å². The van der Waals surface area contributed by atoms with Gasteiger partial charge in [-0.05, 0) is 35.4 Å². The minimum atomic E-state index is -0.522. The lowest BCUT2D eigenvalue weighted by atomic mass is 9.99. The van der Waals surface area contributed by atoms with Crippen LogP contribution in [0.5, 0.6) is 0 Å². The molecule has 0 saturated carbocycles. The van der Waals surface area contributed by atoms with Crippen LogP contribution in [0.4, 0.5) is 5.69 Å².